The Hall–Kier alpha value is -2.01. The Morgan fingerprint density at radius 3 is 1.89 bits per heavy atom. The van der Waals surface area contributed by atoms with Crippen molar-refractivity contribution in [3.8, 4) is 0 Å². The SMILES string of the molecule is CCC(C)(C)C(=O)OC(CC(=O)OC(C)C(F)(F)F)C(=O)OCC(F)(F)F. The van der Waals surface area contributed by atoms with Crippen molar-refractivity contribution in [2.24, 2.45) is 5.41 Å². The molecule has 6 nitrogen and oxygen atoms in total. The number of hydrogen-bond donors (Lipinski definition) is 0. The highest BCUT2D eigenvalue weighted by Crippen LogP contribution is 2.25. The molecule has 0 aromatic carbocycles. The zero-order valence-corrected chi connectivity index (χ0v) is 15.0. The molecule has 158 valence electrons. The van der Waals surface area contributed by atoms with Crippen LogP contribution >= 0.6 is 0 Å². The number of carbonyl (C=O) groups excluding carboxylic acids is 3. The molecule has 0 N–H and O–H groups in total. The van der Waals surface area contributed by atoms with Crippen LogP contribution < -0.4 is 0 Å². The fourth-order valence-electron chi connectivity index (χ4n) is 1.32. The van der Waals surface area contributed by atoms with Crippen molar-refractivity contribution >= 4 is 17.9 Å². The zero-order chi connectivity index (χ0) is 21.6. The van der Waals surface area contributed by atoms with Crippen LogP contribution in [0, 0.1) is 5.41 Å². The lowest BCUT2D eigenvalue weighted by molar-refractivity contribution is -0.218. The van der Waals surface area contributed by atoms with E-state index < -0.39 is 60.9 Å². The van der Waals surface area contributed by atoms with Gasteiger partial charge in [-0.05, 0) is 27.2 Å². The largest absolute Gasteiger partial charge is 0.453 e. The Labute approximate surface area is 151 Å². The highest BCUT2D eigenvalue weighted by Gasteiger charge is 2.41. The molecule has 0 rings (SSSR count). The van der Waals surface area contributed by atoms with Crippen molar-refractivity contribution in [1.82, 2.24) is 0 Å². The van der Waals surface area contributed by atoms with Gasteiger partial charge in [0.05, 0.1) is 11.8 Å². The van der Waals surface area contributed by atoms with E-state index in [1.165, 1.54) is 13.8 Å². The zero-order valence-electron chi connectivity index (χ0n) is 15.0. The van der Waals surface area contributed by atoms with E-state index in [9.17, 15) is 40.7 Å². The van der Waals surface area contributed by atoms with Gasteiger partial charge in [0, 0.05) is 0 Å². The maximum Gasteiger partial charge on any atom is 0.425 e. The van der Waals surface area contributed by atoms with Gasteiger partial charge in [-0.15, -0.1) is 0 Å². The van der Waals surface area contributed by atoms with E-state index in [1.54, 1.807) is 6.92 Å². The third kappa shape index (κ3) is 9.48. The van der Waals surface area contributed by atoms with Crippen LogP contribution in [-0.2, 0) is 28.6 Å². The molecule has 2 unspecified atom stereocenters. The molecule has 0 saturated carbocycles. The number of ether oxygens (including phenoxy) is 3. The van der Waals surface area contributed by atoms with Crippen molar-refractivity contribution < 1.29 is 54.9 Å². The minimum absolute atomic E-state index is 0.214. The molecule has 27 heavy (non-hydrogen) atoms. The molecule has 0 radical (unpaired) electrons. The average molecular weight is 410 g/mol. The minimum Gasteiger partial charge on any atom is -0.453 e. The quantitative estimate of drug-likeness (QED) is 0.347. The molecule has 0 amide bonds. The topological polar surface area (TPSA) is 78.9 Å². The highest BCUT2D eigenvalue weighted by molar-refractivity contribution is 5.85. The fraction of sp³-hybridized carbons (Fsp3) is 0.800. The predicted molar refractivity (Wildman–Crippen MR) is 77.2 cm³/mol. The van der Waals surface area contributed by atoms with E-state index in [0.29, 0.717) is 6.92 Å². The number of halogens is 6. The van der Waals surface area contributed by atoms with Crippen LogP contribution in [0.4, 0.5) is 26.3 Å². The van der Waals surface area contributed by atoms with Gasteiger partial charge in [-0.1, -0.05) is 6.92 Å². The summed E-state index contributed by atoms with van der Waals surface area (Å²) in [4.78, 5) is 35.3. The molecule has 0 saturated heterocycles. The Balaban J connectivity index is 5.20. The maximum atomic E-state index is 12.4. The first-order valence-corrected chi connectivity index (χ1v) is 7.70. The Bertz CT molecular complexity index is 540. The van der Waals surface area contributed by atoms with Gasteiger partial charge in [-0.2, -0.15) is 26.3 Å². The second-order valence-electron chi connectivity index (χ2n) is 6.23. The molecule has 0 aliphatic rings. The smallest absolute Gasteiger partial charge is 0.425 e. The number of carbonyl (C=O) groups is 3. The van der Waals surface area contributed by atoms with E-state index in [0.717, 1.165) is 0 Å². The van der Waals surface area contributed by atoms with Crippen molar-refractivity contribution in [2.75, 3.05) is 6.61 Å². The van der Waals surface area contributed by atoms with Crippen LogP contribution in [0.5, 0.6) is 0 Å². The van der Waals surface area contributed by atoms with Crippen LogP contribution in [0.15, 0.2) is 0 Å². The lowest BCUT2D eigenvalue weighted by atomic mass is 9.90. The van der Waals surface area contributed by atoms with E-state index in [1.807, 2.05) is 0 Å². The van der Waals surface area contributed by atoms with Crippen LogP contribution in [0.25, 0.3) is 0 Å². The maximum absolute atomic E-state index is 12.4. The summed E-state index contributed by atoms with van der Waals surface area (Å²) >= 11 is 0. The van der Waals surface area contributed by atoms with Gasteiger partial charge in [-0.25, -0.2) is 4.79 Å². The molecule has 0 aliphatic heterocycles. The van der Waals surface area contributed by atoms with Crippen molar-refractivity contribution in [3.63, 3.8) is 0 Å². The van der Waals surface area contributed by atoms with Crippen LogP contribution in [0.2, 0.25) is 0 Å². The molecule has 0 spiro atoms. The monoisotopic (exact) mass is 410 g/mol. The number of esters is 3. The fourth-order valence-corrected chi connectivity index (χ4v) is 1.32. The first kappa shape index (κ1) is 25.0. The highest BCUT2D eigenvalue weighted by atomic mass is 19.4. The Morgan fingerprint density at radius 1 is 0.963 bits per heavy atom. The summed E-state index contributed by atoms with van der Waals surface area (Å²) in [5, 5.41) is 0. The summed E-state index contributed by atoms with van der Waals surface area (Å²) in [5.41, 5.74) is -1.16. The molecule has 2 atom stereocenters. The molecular weight excluding hydrogens is 390 g/mol. The summed E-state index contributed by atoms with van der Waals surface area (Å²) in [5.74, 6) is -4.38. The van der Waals surface area contributed by atoms with Gasteiger partial charge in [-0.3, -0.25) is 9.59 Å². The normalized spacial score (nSPS) is 14.9. The predicted octanol–water partition coefficient (Wildman–Crippen LogP) is 3.32. The summed E-state index contributed by atoms with van der Waals surface area (Å²) in [6.45, 7) is 2.87. The Morgan fingerprint density at radius 2 is 1.48 bits per heavy atom. The Kier molecular flexibility index (Phi) is 8.58. The van der Waals surface area contributed by atoms with Crippen molar-refractivity contribution in [2.45, 2.75) is 65.1 Å². The van der Waals surface area contributed by atoms with Gasteiger partial charge >= 0.3 is 30.3 Å². The van der Waals surface area contributed by atoms with E-state index in [4.69, 9.17) is 4.74 Å². The van der Waals surface area contributed by atoms with Crippen LogP contribution in [0.3, 0.4) is 0 Å². The lowest BCUT2D eigenvalue weighted by Gasteiger charge is -2.24. The molecular formula is C15H20F6O6. The molecule has 0 aromatic rings. The summed E-state index contributed by atoms with van der Waals surface area (Å²) in [6.07, 6.45) is -15.5. The number of hydrogen-bond acceptors (Lipinski definition) is 6. The van der Waals surface area contributed by atoms with Crippen molar-refractivity contribution in [1.29, 1.82) is 0 Å². The van der Waals surface area contributed by atoms with Gasteiger partial charge < -0.3 is 14.2 Å². The summed E-state index contributed by atoms with van der Waals surface area (Å²) in [6, 6.07) is 0. The van der Waals surface area contributed by atoms with Crippen LogP contribution in [0.1, 0.15) is 40.5 Å². The second-order valence-corrected chi connectivity index (χ2v) is 6.23. The second kappa shape index (κ2) is 9.27. The first-order valence-electron chi connectivity index (χ1n) is 7.70. The molecule has 0 aromatic heterocycles. The van der Waals surface area contributed by atoms with E-state index in [2.05, 4.69) is 9.47 Å². The molecule has 0 heterocycles. The van der Waals surface area contributed by atoms with Crippen molar-refractivity contribution in [3.05, 3.63) is 0 Å². The summed E-state index contributed by atoms with van der Waals surface area (Å²) in [7, 11) is 0. The standard InChI is InChI=1S/C15H20F6O6/c1-5-13(3,4)12(24)27-9(11(23)25-7-14(16,17)18)6-10(22)26-8(2)15(19,20)21/h8-9H,5-7H2,1-4H3. The van der Waals surface area contributed by atoms with E-state index >= 15 is 0 Å². The average Bonchev–Trinajstić information content (AvgIpc) is 2.49. The van der Waals surface area contributed by atoms with Crippen LogP contribution in [-0.4, -0.2) is 49.1 Å². The third-order valence-corrected chi connectivity index (χ3v) is 3.45. The third-order valence-electron chi connectivity index (χ3n) is 3.45. The molecule has 12 heteroatoms. The summed E-state index contributed by atoms with van der Waals surface area (Å²) < 4.78 is 86.3. The molecule has 0 fully saturated rings. The van der Waals surface area contributed by atoms with Gasteiger partial charge in [0.2, 0.25) is 6.10 Å². The molecule has 0 aliphatic carbocycles. The molecule has 0 bridgehead atoms. The van der Waals surface area contributed by atoms with Gasteiger partial charge in [0.1, 0.15) is 0 Å². The van der Waals surface area contributed by atoms with Gasteiger partial charge in [0.15, 0.2) is 12.7 Å². The van der Waals surface area contributed by atoms with E-state index in [-0.39, 0.29) is 6.42 Å². The minimum atomic E-state index is -4.89. The van der Waals surface area contributed by atoms with Gasteiger partial charge in [0.25, 0.3) is 0 Å². The number of alkyl halides is 6. The number of rotatable bonds is 8. The lowest BCUT2D eigenvalue weighted by Crippen LogP contribution is -2.39. The first-order chi connectivity index (χ1) is 12.0.